The molecule has 0 aromatic heterocycles. The number of hydrogen-bond donors (Lipinski definition) is 2. The lowest BCUT2D eigenvalue weighted by atomic mass is 10.1. The van der Waals surface area contributed by atoms with Crippen molar-refractivity contribution in [2.45, 2.75) is 6.04 Å². The van der Waals surface area contributed by atoms with Crippen molar-refractivity contribution in [2.75, 3.05) is 26.8 Å². The molecule has 1 aromatic rings. The number of nitrogens with zero attached hydrogens (tertiary/aromatic N) is 1. The van der Waals surface area contributed by atoms with Gasteiger partial charge >= 0.3 is 5.97 Å². The van der Waals surface area contributed by atoms with Crippen LogP contribution in [0, 0.1) is 0 Å². The molecule has 21 heavy (non-hydrogen) atoms. The normalized spacial score (nSPS) is 18.1. The molecule has 0 aliphatic carbocycles. The molecule has 0 saturated carbocycles. The van der Waals surface area contributed by atoms with Crippen molar-refractivity contribution in [3.63, 3.8) is 0 Å². The molecule has 1 aliphatic rings. The molecule has 2 rings (SSSR count). The Morgan fingerprint density at radius 1 is 1.33 bits per heavy atom. The average Bonchev–Trinajstić information content (AvgIpc) is 2.53. The molecular formula is C14H16N2O5. The maximum absolute atomic E-state index is 12.5. The number of ether oxygens (including phenoxy) is 1. The lowest BCUT2D eigenvalue weighted by molar-refractivity contribution is -0.130. The molecule has 0 radical (unpaired) electrons. The van der Waals surface area contributed by atoms with Gasteiger partial charge in [0.1, 0.15) is 6.04 Å². The largest absolute Gasteiger partial charge is 0.478 e. The second-order valence-electron chi connectivity index (χ2n) is 4.59. The summed E-state index contributed by atoms with van der Waals surface area (Å²) in [6.07, 6.45) is 0. The molecule has 1 aliphatic heterocycles. The molecule has 7 nitrogen and oxygen atoms in total. The molecular weight excluding hydrogens is 276 g/mol. The highest BCUT2D eigenvalue weighted by Crippen LogP contribution is 2.14. The van der Waals surface area contributed by atoms with E-state index >= 15 is 0 Å². The lowest BCUT2D eigenvalue weighted by Crippen LogP contribution is -2.55. The van der Waals surface area contributed by atoms with E-state index in [4.69, 9.17) is 9.84 Å². The lowest BCUT2D eigenvalue weighted by Gasteiger charge is -2.34. The number of carboxylic acid groups (broad SMARTS) is 1. The average molecular weight is 292 g/mol. The fourth-order valence-electron chi connectivity index (χ4n) is 2.18. The summed E-state index contributed by atoms with van der Waals surface area (Å²) < 4.78 is 5.23. The Kier molecular flexibility index (Phi) is 4.54. The van der Waals surface area contributed by atoms with Gasteiger partial charge in [-0.05, 0) is 18.2 Å². The fraction of sp³-hybridized carbons (Fsp3) is 0.357. The minimum Gasteiger partial charge on any atom is -0.478 e. The number of carbonyl (C=O) groups is 3. The Morgan fingerprint density at radius 2 is 2.05 bits per heavy atom. The second-order valence-corrected chi connectivity index (χ2v) is 4.59. The van der Waals surface area contributed by atoms with E-state index in [0.717, 1.165) is 0 Å². The van der Waals surface area contributed by atoms with Gasteiger partial charge in [0.05, 0.1) is 18.8 Å². The van der Waals surface area contributed by atoms with Crippen LogP contribution in [0.15, 0.2) is 24.3 Å². The summed E-state index contributed by atoms with van der Waals surface area (Å²) in [4.78, 5) is 36.7. The molecule has 1 atom stereocenters. The SMILES string of the molecule is CNC(=O)C1COCCN1C(=O)c1cccc(C(=O)O)c1. The van der Waals surface area contributed by atoms with Crippen LogP contribution >= 0.6 is 0 Å². The molecule has 0 bridgehead atoms. The van der Waals surface area contributed by atoms with Gasteiger partial charge in [-0.1, -0.05) is 6.07 Å². The minimum atomic E-state index is -1.10. The molecule has 0 spiro atoms. The van der Waals surface area contributed by atoms with Crippen LogP contribution in [0.4, 0.5) is 0 Å². The number of carboxylic acids is 1. The molecule has 1 saturated heterocycles. The van der Waals surface area contributed by atoms with Gasteiger partial charge in [0, 0.05) is 19.2 Å². The molecule has 1 heterocycles. The van der Waals surface area contributed by atoms with E-state index in [-0.39, 0.29) is 36.1 Å². The van der Waals surface area contributed by atoms with Gasteiger partial charge in [0.2, 0.25) is 5.91 Å². The summed E-state index contributed by atoms with van der Waals surface area (Å²) in [7, 11) is 1.49. The van der Waals surface area contributed by atoms with Crippen molar-refractivity contribution in [1.82, 2.24) is 10.2 Å². The Balaban J connectivity index is 2.26. The van der Waals surface area contributed by atoms with Crippen molar-refractivity contribution in [3.8, 4) is 0 Å². The number of likely N-dealkylation sites (N-methyl/N-ethyl adjacent to an activating group) is 1. The minimum absolute atomic E-state index is 0.0330. The standard InChI is InChI=1S/C14H16N2O5/c1-15-12(17)11-8-21-6-5-16(11)13(18)9-3-2-4-10(7-9)14(19)20/h2-4,7,11H,5-6,8H2,1H3,(H,15,17)(H,19,20). The molecule has 1 unspecified atom stereocenters. The third-order valence-electron chi connectivity index (χ3n) is 3.29. The van der Waals surface area contributed by atoms with Crippen LogP contribution in [-0.2, 0) is 9.53 Å². The van der Waals surface area contributed by atoms with Gasteiger partial charge < -0.3 is 20.1 Å². The summed E-state index contributed by atoms with van der Waals surface area (Å²) in [5.41, 5.74) is 0.274. The van der Waals surface area contributed by atoms with Crippen LogP contribution in [0.1, 0.15) is 20.7 Å². The van der Waals surface area contributed by atoms with Gasteiger partial charge in [-0.15, -0.1) is 0 Å². The molecule has 112 valence electrons. The summed E-state index contributed by atoms with van der Waals surface area (Å²) >= 11 is 0. The van der Waals surface area contributed by atoms with E-state index in [1.165, 1.54) is 36.2 Å². The monoisotopic (exact) mass is 292 g/mol. The summed E-state index contributed by atoms with van der Waals surface area (Å²) in [6, 6.07) is 5.05. The molecule has 2 N–H and O–H groups in total. The van der Waals surface area contributed by atoms with Crippen molar-refractivity contribution in [3.05, 3.63) is 35.4 Å². The molecule has 7 heteroatoms. The number of nitrogens with one attached hydrogen (secondary N) is 1. The fourth-order valence-corrected chi connectivity index (χ4v) is 2.18. The van der Waals surface area contributed by atoms with Crippen molar-refractivity contribution >= 4 is 17.8 Å². The zero-order valence-electron chi connectivity index (χ0n) is 11.5. The van der Waals surface area contributed by atoms with E-state index in [2.05, 4.69) is 5.32 Å². The Hall–Kier alpha value is -2.41. The van der Waals surface area contributed by atoms with Crippen molar-refractivity contribution in [1.29, 1.82) is 0 Å². The number of rotatable bonds is 3. The number of hydrogen-bond acceptors (Lipinski definition) is 4. The van der Waals surface area contributed by atoms with E-state index in [1.54, 1.807) is 0 Å². The first-order chi connectivity index (χ1) is 10.0. The third kappa shape index (κ3) is 3.19. The van der Waals surface area contributed by atoms with E-state index in [0.29, 0.717) is 6.61 Å². The van der Waals surface area contributed by atoms with E-state index in [1.807, 2.05) is 0 Å². The van der Waals surface area contributed by atoms with Gasteiger partial charge in [0.15, 0.2) is 0 Å². The van der Waals surface area contributed by atoms with Crippen LogP contribution in [-0.4, -0.2) is 60.6 Å². The predicted molar refractivity (Wildman–Crippen MR) is 73.1 cm³/mol. The smallest absolute Gasteiger partial charge is 0.335 e. The first-order valence-electron chi connectivity index (χ1n) is 6.48. The number of benzene rings is 1. The third-order valence-corrected chi connectivity index (χ3v) is 3.29. The highest BCUT2D eigenvalue weighted by molar-refractivity contribution is 5.99. The summed E-state index contributed by atoms with van der Waals surface area (Å²) in [6.45, 7) is 0.760. The zero-order valence-corrected chi connectivity index (χ0v) is 11.5. The Morgan fingerprint density at radius 3 is 2.71 bits per heavy atom. The van der Waals surface area contributed by atoms with Crippen LogP contribution < -0.4 is 5.32 Å². The number of aromatic carboxylic acids is 1. The first kappa shape index (κ1) is 15.0. The van der Waals surface area contributed by atoms with Crippen molar-refractivity contribution < 1.29 is 24.2 Å². The van der Waals surface area contributed by atoms with Crippen LogP contribution in [0.3, 0.4) is 0 Å². The quantitative estimate of drug-likeness (QED) is 0.815. The maximum atomic E-state index is 12.5. The van der Waals surface area contributed by atoms with Crippen LogP contribution in [0.2, 0.25) is 0 Å². The van der Waals surface area contributed by atoms with Gasteiger partial charge in [-0.25, -0.2) is 4.79 Å². The maximum Gasteiger partial charge on any atom is 0.335 e. The number of morpholine rings is 1. The Labute approximate surface area is 121 Å². The first-order valence-corrected chi connectivity index (χ1v) is 6.48. The van der Waals surface area contributed by atoms with E-state index in [9.17, 15) is 14.4 Å². The summed E-state index contributed by atoms with van der Waals surface area (Å²) in [5, 5.41) is 11.5. The van der Waals surface area contributed by atoms with Gasteiger partial charge in [0.25, 0.3) is 5.91 Å². The highest BCUT2D eigenvalue weighted by atomic mass is 16.5. The predicted octanol–water partition coefficient (Wildman–Crippen LogP) is -0.0282. The van der Waals surface area contributed by atoms with Crippen LogP contribution in [0.25, 0.3) is 0 Å². The zero-order chi connectivity index (χ0) is 15.4. The van der Waals surface area contributed by atoms with E-state index < -0.39 is 12.0 Å². The number of amides is 2. The molecule has 2 amide bonds. The number of carbonyl (C=O) groups excluding carboxylic acids is 2. The van der Waals surface area contributed by atoms with Gasteiger partial charge in [-0.3, -0.25) is 9.59 Å². The highest BCUT2D eigenvalue weighted by Gasteiger charge is 2.32. The molecule has 1 fully saturated rings. The van der Waals surface area contributed by atoms with Crippen molar-refractivity contribution in [2.24, 2.45) is 0 Å². The summed E-state index contributed by atoms with van der Waals surface area (Å²) in [5.74, 6) is -1.79. The van der Waals surface area contributed by atoms with Crippen LogP contribution in [0.5, 0.6) is 0 Å². The second kappa shape index (κ2) is 6.36. The molecule has 1 aromatic carbocycles. The Bertz CT molecular complexity index is 572. The topological polar surface area (TPSA) is 95.9 Å². The van der Waals surface area contributed by atoms with Gasteiger partial charge in [-0.2, -0.15) is 0 Å².